The van der Waals surface area contributed by atoms with Crippen LogP contribution in [0.15, 0.2) is 14.7 Å². The summed E-state index contributed by atoms with van der Waals surface area (Å²) in [5.41, 5.74) is 0. The van der Waals surface area contributed by atoms with Crippen molar-refractivity contribution in [2.24, 2.45) is 0 Å². The summed E-state index contributed by atoms with van der Waals surface area (Å²) in [4.78, 5) is 1.34. The second-order valence-electron chi connectivity index (χ2n) is 4.90. The highest BCUT2D eigenvalue weighted by Crippen LogP contribution is 2.31. The van der Waals surface area contributed by atoms with Crippen LogP contribution in [-0.4, -0.2) is 21.5 Å². The van der Waals surface area contributed by atoms with Crippen molar-refractivity contribution in [2.45, 2.75) is 57.0 Å². The summed E-state index contributed by atoms with van der Waals surface area (Å²) in [7, 11) is -1.60. The maximum atomic E-state index is 12.4. The largest absolute Gasteiger partial charge is 0.315 e. The van der Waals surface area contributed by atoms with Gasteiger partial charge in [-0.1, -0.05) is 26.2 Å². The molecular formula is C13H23BrN2O2S2. The van der Waals surface area contributed by atoms with Crippen LogP contribution in [-0.2, 0) is 16.6 Å². The first-order valence-corrected chi connectivity index (χ1v) is 9.95. The van der Waals surface area contributed by atoms with Gasteiger partial charge in [0, 0.05) is 17.5 Å². The van der Waals surface area contributed by atoms with E-state index in [0.717, 1.165) is 30.6 Å². The van der Waals surface area contributed by atoms with Gasteiger partial charge in [0.05, 0.1) is 3.79 Å². The maximum absolute atomic E-state index is 12.4. The van der Waals surface area contributed by atoms with Crippen LogP contribution in [0.25, 0.3) is 0 Å². The highest BCUT2D eigenvalue weighted by Gasteiger charge is 2.22. The molecule has 0 saturated carbocycles. The van der Waals surface area contributed by atoms with Gasteiger partial charge in [-0.2, -0.15) is 0 Å². The van der Waals surface area contributed by atoms with Gasteiger partial charge in [-0.3, -0.25) is 0 Å². The van der Waals surface area contributed by atoms with Gasteiger partial charge in [0.1, 0.15) is 4.90 Å². The molecule has 0 bridgehead atoms. The van der Waals surface area contributed by atoms with Gasteiger partial charge in [0.2, 0.25) is 10.0 Å². The van der Waals surface area contributed by atoms with Gasteiger partial charge in [-0.25, -0.2) is 13.1 Å². The van der Waals surface area contributed by atoms with Crippen LogP contribution >= 0.6 is 27.3 Å². The van der Waals surface area contributed by atoms with E-state index in [0.29, 0.717) is 15.2 Å². The number of hydrogen-bond acceptors (Lipinski definition) is 4. The number of nitrogens with one attached hydrogen (secondary N) is 2. The van der Waals surface area contributed by atoms with Gasteiger partial charge in [0.25, 0.3) is 0 Å². The molecule has 1 atom stereocenters. The van der Waals surface area contributed by atoms with E-state index in [4.69, 9.17) is 0 Å². The number of rotatable bonds is 9. The summed E-state index contributed by atoms with van der Waals surface area (Å²) >= 11 is 4.80. The molecule has 0 aliphatic rings. The van der Waals surface area contributed by atoms with Crippen molar-refractivity contribution in [1.29, 1.82) is 0 Å². The Morgan fingerprint density at radius 1 is 1.40 bits per heavy atom. The first kappa shape index (κ1) is 18.1. The lowest BCUT2D eigenvalue weighted by molar-refractivity contribution is 0.527. The lowest BCUT2D eigenvalue weighted by Gasteiger charge is -2.13. The van der Waals surface area contributed by atoms with Crippen molar-refractivity contribution in [1.82, 2.24) is 10.0 Å². The Kier molecular flexibility index (Phi) is 7.68. The molecule has 1 aromatic heterocycles. The molecule has 1 unspecified atom stereocenters. The molecule has 1 aromatic rings. The predicted molar refractivity (Wildman–Crippen MR) is 88.7 cm³/mol. The fourth-order valence-corrected chi connectivity index (χ4v) is 5.90. The highest BCUT2D eigenvalue weighted by atomic mass is 79.9. The average molecular weight is 383 g/mol. The smallest absolute Gasteiger partial charge is 0.242 e. The summed E-state index contributed by atoms with van der Waals surface area (Å²) in [6, 6.07) is 1.69. The third-order valence-corrected chi connectivity index (χ3v) is 6.79. The molecule has 7 heteroatoms. The van der Waals surface area contributed by atoms with E-state index in [2.05, 4.69) is 32.9 Å². The Balaban J connectivity index is 2.72. The summed E-state index contributed by atoms with van der Waals surface area (Å²) in [5.74, 6) is 0. The minimum absolute atomic E-state index is 0.0360. The number of halogens is 1. The first-order valence-electron chi connectivity index (χ1n) is 6.85. The van der Waals surface area contributed by atoms with E-state index in [1.165, 1.54) is 11.3 Å². The zero-order valence-corrected chi connectivity index (χ0v) is 15.4. The van der Waals surface area contributed by atoms with Gasteiger partial charge >= 0.3 is 0 Å². The molecule has 0 aliphatic heterocycles. The Morgan fingerprint density at radius 2 is 2.10 bits per heavy atom. The van der Waals surface area contributed by atoms with E-state index < -0.39 is 10.0 Å². The predicted octanol–water partition coefficient (Wildman–Crippen LogP) is 3.48. The molecule has 0 spiro atoms. The van der Waals surface area contributed by atoms with Crippen molar-refractivity contribution in [2.75, 3.05) is 7.05 Å². The molecule has 2 N–H and O–H groups in total. The van der Waals surface area contributed by atoms with Crippen LogP contribution in [0, 0.1) is 0 Å². The summed E-state index contributed by atoms with van der Waals surface area (Å²) in [6.07, 6.45) is 4.21. The number of thiophene rings is 1. The average Bonchev–Trinajstić information content (AvgIpc) is 2.71. The number of unbranched alkanes of at least 4 members (excludes halogenated alkanes) is 2. The Hall–Kier alpha value is 0.0500. The molecular weight excluding hydrogens is 360 g/mol. The highest BCUT2D eigenvalue weighted by molar-refractivity contribution is 9.11. The standard InChI is InChI=1S/C13H23BrN2O2S2/c1-4-5-6-7-10(2)16-20(17,18)12-8-11(9-15-3)19-13(12)14/h8,10,15-16H,4-7,9H2,1-3H3. The van der Waals surface area contributed by atoms with Crippen LogP contribution in [0.2, 0.25) is 0 Å². The van der Waals surface area contributed by atoms with Crippen molar-refractivity contribution < 1.29 is 8.42 Å². The summed E-state index contributed by atoms with van der Waals surface area (Å²) in [6.45, 7) is 4.73. The molecule has 0 radical (unpaired) electrons. The van der Waals surface area contributed by atoms with Gasteiger partial charge < -0.3 is 5.32 Å². The van der Waals surface area contributed by atoms with Crippen molar-refractivity contribution >= 4 is 37.3 Å². The third kappa shape index (κ3) is 5.44. The molecule has 0 aromatic carbocycles. The molecule has 1 heterocycles. The Bertz CT molecular complexity index is 514. The first-order chi connectivity index (χ1) is 9.40. The number of sulfonamides is 1. The lowest BCUT2D eigenvalue weighted by Crippen LogP contribution is -2.32. The molecule has 0 aliphatic carbocycles. The SMILES string of the molecule is CCCCCC(C)NS(=O)(=O)c1cc(CNC)sc1Br. The molecule has 1 rings (SSSR count). The van der Waals surface area contributed by atoms with Crippen LogP contribution in [0.5, 0.6) is 0 Å². The van der Waals surface area contributed by atoms with E-state index in [-0.39, 0.29) is 6.04 Å². The molecule has 0 saturated heterocycles. The van der Waals surface area contributed by atoms with E-state index in [1.807, 2.05) is 14.0 Å². The third-order valence-electron chi connectivity index (χ3n) is 2.94. The topological polar surface area (TPSA) is 58.2 Å². The molecule has 0 amide bonds. The summed E-state index contributed by atoms with van der Waals surface area (Å²) < 4.78 is 28.1. The fourth-order valence-electron chi connectivity index (χ4n) is 1.93. The zero-order chi connectivity index (χ0) is 15.2. The van der Waals surface area contributed by atoms with Crippen molar-refractivity contribution in [3.8, 4) is 0 Å². The second kappa shape index (κ2) is 8.48. The van der Waals surface area contributed by atoms with E-state index in [1.54, 1.807) is 6.07 Å². The quantitative estimate of drug-likeness (QED) is 0.642. The summed E-state index contributed by atoms with van der Waals surface area (Å²) in [5, 5.41) is 3.03. The zero-order valence-electron chi connectivity index (χ0n) is 12.2. The molecule has 0 fully saturated rings. The van der Waals surface area contributed by atoms with Gasteiger partial charge in [-0.05, 0) is 42.4 Å². The van der Waals surface area contributed by atoms with E-state index in [9.17, 15) is 8.42 Å². The minimum Gasteiger partial charge on any atom is -0.315 e. The van der Waals surface area contributed by atoms with Crippen molar-refractivity contribution in [3.63, 3.8) is 0 Å². The minimum atomic E-state index is -3.44. The Morgan fingerprint density at radius 3 is 2.70 bits per heavy atom. The number of hydrogen-bond donors (Lipinski definition) is 2. The van der Waals surface area contributed by atoms with Crippen LogP contribution in [0.3, 0.4) is 0 Å². The maximum Gasteiger partial charge on any atom is 0.242 e. The molecule has 4 nitrogen and oxygen atoms in total. The van der Waals surface area contributed by atoms with Crippen molar-refractivity contribution in [3.05, 3.63) is 14.7 Å². The second-order valence-corrected chi connectivity index (χ2v) is 9.04. The van der Waals surface area contributed by atoms with Gasteiger partial charge in [-0.15, -0.1) is 11.3 Å². The lowest BCUT2D eigenvalue weighted by atomic mass is 10.1. The monoisotopic (exact) mass is 382 g/mol. The fraction of sp³-hybridized carbons (Fsp3) is 0.692. The normalized spacial score (nSPS) is 13.6. The van der Waals surface area contributed by atoms with E-state index >= 15 is 0 Å². The van der Waals surface area contributed by atoms with Crippen LogP contribution < -0.4 is 10.0 Å². The van der Waals surface area contributed by atoms with Gasteiger partial charge in [0.15, 0.2) is 0 Å². The van der Waals surface area contributed by atoms with Crippen LogP contribution in [0.1, 0.15) is 44.4 Å². The Labute approximate surface area is 134 Å². The molecule has 116 valence electrons. The van der Waals surface area contributed by atoms with Crippen LogP contribution in [0.4, 0.5) is 0 Å². The molecule has 20 heavy (non-hydrogen) atoms.